The largest absolute Gasteiger partial charge is 0.469 e. The van der Waals surface area contributed by atoms with Gasteiger partial charge in [0.05, 0.1) is 19.1 Å². The number of halogens is 1. The molecular weight excluding hydrogens is 339 g/mol. The van der Waals surface area contributed by atoms with E-state index in [0.717, 1.165) is 11.4 Å². The molecule has 1 aliphatic heterocycles. The van der Waals surface area contributed by atoms with Gasteiger partial charge in [0, 0.05) is 31.6 Å². The van der Waals surface area contributed by atoms with E-state index in [9.17, 15) is 14.0 Å². The molecule has 1 atom stereocenters. The Kier molecular flexibility index (Phi) is 5.50. The third-order valence-electron chi connectivity index (χ3n) is 4.41. The second kappa shape index (κ2) is 7.99. The number of hydrogen-bond acceptors (Lipinski definition) is 4. The number of ether oxygens (including phenoxy) is 1. The van der Waals surface area contributed by atoms with Crippen molar-refractivity contribution in [1.29, 1.82) is 0 Å². The topological polar surface area (TPSA) is 87.3 Å². The van der Waals surface area contributed by atoms with Gasteiger partial charge in [0.2, 0.25) is 0 Å². The van der Waals surface area contributed by atoms with Crippen molar-refractivity contribution in [2.24, 2.45) is 0 Å². The number of urea groups is 1. The second-order valence-electron chi connectivity index (χ2n) is 6.08. The van der Waals surface area contributed by atoms with E-state index in [4.69, 9.17) is 0 Å². The quantitative estimate of drug-likeness (QED) is 0.632. The fourth-order valence-electron chi connectivity index (χ4n) is 3.14. The molecule has 0 radical (unpaired) electrons. The number of carbonyl (C=O) groups excluding carboxylic acids is 2. The molecule has 3 rings (SSSR count). The summed E-state index contributed by atoms with van der Waals surface area (Å²) >= 11 is 0. The minimum Gasteiger partial charge on any atom is -0.469 e. The van der Waals surface area contributed by atoms with Crippen LogP contribution in [-0.4, -0.2) is 47.1 Å². The third-order valence-corrected chi connectivity index (χ3v) is 4.41. The Labute approximate surface area is 150 Å². The van der Waals surface area contributed by atoms with Gasteiger partial charge in [-0.3, -0.25) is 4.79 Å². The van der Waals surface area contributed by atoms with Crippen LogP contribution in [0.25, 0.3) is 0 Å². The van der Waals surface area contributed by atoms with Crippen LogP contribution < -0.4 is 5.32 Å². The van der Waals surface area contributed by atoms with E-state index in [-0.39, 0.29) is 24.2 Å². The van der Waals surface area contributed by atoms with Crippen molar-refractivity contribution in [2.45, 2.75) is 25.3 Å². The molecule has 1 aromatic carbocycles. The molecule has 2 aromatic rings. The first-order valence-electron chi connectivity index (χ1n) is 8.49. The number of amides is 2. The molecule has 0 unspecified atom stereocenters. The summed E-state index contributed by atoms with van der Waals surface area (Å²) in [5.41, 5.74) is 2.35. The predicted octanol–water partition coefficient (Wildman–Crippen LogP) is 2.16. The van der Waals surface area contributed by atoms with Gasteiger partial charge in [-0.15, -0.1) is 0 Å². The number of hydrogen-bond donors (Lipinski definition) is 2. The lowest BCUT2D eigenvalue weighted by Gasteiger charge is -2.35. The van der Waals surface area contributed by atoms with Gasteiger partial charge in [0.1, 0.15) is 11.9 Å². The highest BCUT2D eigenvalue weighted by molar-refractivity contribution is 5.76. The molecule has 0 aliphatic carbocycles. The average molecular weight is 360 g/mol. The summed E-state index contributed by atoms with van der Waals surface area (Å²) < 4.78 is 18.3. The second-order valence-corrected chi connectivity index (χ2v) is 6.08. The molecule has 2 amide bonds. The van der Waals surface area contributed by atoms with Crippen LogP contribution in [0.1, 0.15) is 35.8 Å². The first-order valence-corrected chi connectivity index (χ1v) is 8.49. The fourth-order valence-corrected chi connectivity index (χ4v) is 3.14. The van der Waals surface area contributed by atoms with E-state index in [0.29, 0.717) is 31.5 Å². The van der Waals surface area contributed by atoms with Crippen LogP contribution in [0.3, 0.4) is 0 Å². The lowest BCUT2D eigenvalue weighted by Crippen LogP contribution is -2.46. The molecule has 138 valence electrons. The summed E-state index contributed by atoms with van der Waals surface area (Å²) in [5.74, 6) is -0.667. The van der Waals surface area contributed by atoms with Crippen LogP contribution in [0.4, 0.5) is 9.18 Å². The van der Waals surface area contributed by atoms with Gasteiger partial charge < -0.3 is 19.9 Å². The molecule has 2 heterocycles. The first kappa shape index (κ1) is 17.9. The van der Waals surface area contributed by atoms with E-state index >= 15 is 0 Å². The van der Waals surface area contributed by atoms with Gasteiger partial charge in [-0.2, -0.15) is 0 Å². The van der Waals surface area contributed by atoms with E-state index in [1.54, 1.807) is 23.4 Å². The highest BCUT2D eigenvalue weighted by atomic mass is 19.1. The molecule has 1 aliphatic rings. The van der Waals surface area contributed by atoms with Crippen LogP contribution in [0.2, 0.25) is 0 Å². The van der Waals surface area contributed by atoms with Gasteiger partial charge in [0.15, 0.2) is 0 Å². The Balaban J connectivity index is 1.75. The van der Waals surface area contributed by atoms with Crippen LogP contribution in [0.15, 0.2) is 30.6 Å². The Bertz CT molecular complexity index is 792. The van der Waals surface area contributed by atoms with Crippen molar-refractivity contribution < 1.29 is 18.7 Å². The average Bonchev–Trinajstić information content (AvgIpc) is 3.12. The maximum atomic E-state index is 13.7. The maximum absolute atomic E-state index is 13.7. The summed E-state index contributed by atoms with van der Waals surface area (Å²) in [4.78, 5) is 32.9. The molecular formula is C18H21FN4O3. The zero-order chi connectivity index (χ0) is 18.5. The van der Waals surface area contributed by atoms with Crippen LogP contribution in [-0.2, 0) is 16.0 Å². The van der Waals surface area contributed by atoms with Crippen molar-refractivity contribution >= 4 is 12.0 Å². The van der Waals surface area contributed by atoms with Crippen molar-refractivity contribution in [3.8, 4) is 0 Å². The molecule has 0 saturated heterocycles. The van der Waals surface area contributed by atoms with E-state index in [1.807, 2.05) is 0 Å². The molecule has 7 nitrogen and oxygen atoms in total. The summed E-state index contributed by atoms with van der Waals surface area (Å²) in [6.07, 6.45) is 2.98. The third kappa shape index (κ3) is 3.84. The molecule has 0 spiro atoms. The monoisotopic (exact) mass is 360 g/mol. The summed E-state index contributed by atoms with van der Waals surface area (Å²) in [7, 11) is 1.33. The SMILES string of the molecule is COC(=O)CCCNC(=O)N1CCc2[nH]cnc2[C@H]1c1cccc(F)c1. The van der Waals surface area contributed by atoms with Gasteiger partial charge in [-0.25, -0.2) is 14.2 Å². The molecule has 0 fully saturated rings. The number of H-pyrrole nitrogens is 1. The zero-order valence-electron chi connectivity index (χ0n) is 14.5. The fraction of sp³-hybridized carbons (Fsp3) is 0.389. The molecule has 1 aromatic heterocycles. The smallest absolute Gasteiger partial charge is 0.318 e. The Morgan fingerprint density at radius 3 is 3.08 bits per heavy atom. The van der Waals surface area contributed by atoms with E-state index in [1.165, 1.54) is 19.2 Å². The van der Waals surface area contributed by atoms with Gasteiger partial charge in [-0.05, 0) is 24.1 Å². The van der Waals surface area contributed by atoms with Gasteiger partial charge in [0.25, 0.3) is 0 Å². The Morgan fingerprint density at radius 2 is 2.31 bits per heavy atom. The minimum atomic E-state index is -0.457. The van der Waals surface area contributed by atoms with Gasteiger partial charge >= 0.3 is 12.0 Å². The Hall–Kier alpha value is -2.90. The first-order chi connectivity index (χ1) is 12.6. The van der Waals surface area contributed by atoms with Crippen molar-refractivity contribution in [1.82, 2.24) is 20.2 Å². The number of methoxy groups -OCH3 is 1. The number of rotatable bonds is 5. The van der Waals surface area contributed by atoms with E-state index in [2.05, 4.69) is 20.0 Å². The lowest BCUT2D eigenvalue weighted by molar-refractivity contribution is -0.140. The number of esters is 1. The van der Waals surface area contributed by atoms with Crippen molar-refractivity contribution in [3.05, 3.63) is 53.4 Å². The predicted molar refractivity (Wildman–Crippen MR) is 91.9 cm³/mol. The lowest BCUT2D eigenvalue weighted by atomic mass is 9.96. The Morgan fingerprint density at radius 1 is 1.46 bits per heavy atom. The molecule has 0 bridgehead atoms. The molecule has 2 N–H and O–H groups in total. The maximum Gasteiger partial charge on any atom is 0.318 e. The van der Waals surface area contributed by atoms with Crippen molar-refractivity contribution in [3.63, 3.8) is 0 Å². The summed E-state index contributed by atoms with van der Waals surface area (Å²) in [6.45, 7) is 0.840. The summed E-state index contributed by atoms with van der Waals surface area (Å²) in [5, 5.41) is 2.82. The van der Waals surface area contributed by atoms with Gasteiger partial charge in [-0.1, -0.05) is 12.1 Å². The number of benzene rings is 1. The number of aromatic nitrogens is 2. The zero-order valence-corrected chi connectivity index (χ0v) is 14.5. The number of carbonyl (C=O) groups is 2. The highest BCUT2D eigenvalue weighted by Gasteiger charge is 2.34. The number of imidazole rings is 1. The van der Waals surface area contributed by atoms with Crippen LogP contribution in [0, 0.1) is 5.82 Å². The van der Waals surface area contributed by atoms with Crippen molar-refractivity contribution in [2.75, 3.05) is 20.2 Å². The summed E-state index contributed by atoms with van der Waals surface area (Å²) in [6, 6.07) is 5.48. The molecule has 26 heavy (non-hydrogen) atoms. The highest BCUT2D eigenvalue weighted by Crippen LogP contribution is 2.33. The standard InChI is InChI=1S/C18H21FN4O3/c1-26-15(24)6-3-8-20-18(25)23-9-7-14-16(22-11-21-14)17(23)12-4-2-5-13(19)10-12/h2,4-5,10-11,17H,3,6-9H2,1H3,(H,20,25)(H,21,22)/t17-/m1/s1. The minimum absolute atomic E-state index is 0.244. The molecule has 8 heteroatoms. The van der Waals surface area contributed by atoms with Crippen LogP contribution >= 0.6 is 0 Å². The number of fused-ring (bicyclic) bond motifs is 1. The number of nitrogens with zero attached hydrogens (tertiary/aromatic N) is 2. The molecule has 0 saturated carbocycles. The van der Waals surface area contributed by atoms with E-state index < -0.39 is 6.04 Å². The number of aromatic amines is 1. The number of nitrogens with one attached hydrogen (secondary N) is 2. The normalized spacial score (nSPS) is 16.1. The van der Waals surface area contributed by atoms with Crippen LogP contribution in [0.5, 0.6) is 0 Å².